The maximum atomic E-state index is 11.7. The van der Waals surface area contributed by atoms with Gasteiger partial charge >= 0.3 is 0 Å². The average molecular weight is 249 g/mol. The van der Waals surface area contributed by atoms with E-state index in [1.165, 1.54) is 32.1 Å². The van der Waals surface area contributed by atoms with E-state index in [0.717, 1.165) is 13.0 Å². The Labute approximate surface area is 105 Å². The van der Waals surface area contributed by atoms with Gasteiger partial charge in [0.1, 0.15) is 0 Å². The molecule has 96 valence electrons. The van der Waals surface area contributed by atoms with E-state index in [-0.39, 0.29) is 24.4 Å². The Bertz CT molecular complexity index is 205. The number of nitrogens with zero attached hydrogens (tertiary/aromatic N) is 1. The summed E-state index contributed by atoms with van der Waals surface area (Å²) in [7, 11) is 1.88. The zero-order valence-electron chi connectivity index (χ0n) is 10.4. The topological polar surface area (TPSA) is 46.3 Å². The van der Waals surface area contributed by atoms with E-state index < -0.39 is 0 Å². The Morgan fingerprint density at radius 3 is 2.44 bits per heavy atom. The molecule has 1 rings (SSSR count). The molecule has 0 spiro atoms. The van der Waals surface area contributed by atoms with Gasteiger partial charge in [-0.15, -0.1) is 12.4 Å². The Kier molecular flexibility index (Phi) is 7.77. The number of hydrogen-bond acceptors (Lipinski definition) is 2. The van der Waals surface area contributed by atoms with Crippen molar-refractivity contribution in [3.8, 4) is 0 Å². The van der Waals surface area contributed by atoms with Crippen molar-refractivity contribution in [3.63, 3.8) is 0 Å². The molecule has 0 aromatic rings. The number of likely N-dealkylation sites (N-methyl/N-ethyl adjacent to an activating group) is 1. The molecule has 0 aliphatic heterocycles. The van der Waals surface area contributed by atoms with Gasteiger partial charge < -0.3 is 10.6 Å². The first-order chi connectivity index (χ1) is 7.15. The van der Waals surface area contributed by atoms with E-state index >= 15 is 0 Å². The molecular formula is C12H25ClN2O. The first kappa shape index (κ1) is 15.7. The average Bonchev–Trinajstić information content (AvgIpc) is 2.28. The van der Waals surface area contributed by atoms with E-state index in [2.05, 4.69) is 0 Å². The molecule has 0 saturated heterocycles. The summed E-state index contributed by atoms with van der Waals surface area (Å²) in [6.07, 6.45) is 7.30. The third-order valence-electron chi connectivity index (χ3n) is 3.39. The number of rotatable bonds is 4. The molecule has 0 heterocycles. The van der Waals surface area contributed by atoms with Gasteiger partial charge in [-0.25, -0.2) is 0 Å². The maximum Gasteiger partial charge on any atom is 0.239 e. The predicted molar refractivity (Wildman–Crippen MR) is 69.7 cm³/mol. The predicted octanol–water partition coefficient (Wildman–Crippen LogP) is 2.18. The molecule has 1 fully saturated rings. The van der Waals surface area contributed by atoms with Crippen molar-refractivity contribution < 1.29 is 4.79 Å². The molecule has 0 unspecified atom stereocenters. The molecule has 16 heavy (non-hydrogen) atoms. The van der Waals surface area contributed by atoms with E-state index in [1.807, 2.05) is 18.9 Å². The minimum atomic E-state index is -0.307. The highest BCUT2D eigenvalue weighted by Gasteiger charge is 2.20. The molecule has 1 atom stereocenters. The molecule has 0 bridgehead atoms. The van der Waals surface area contributed by atoms with Gasteiger partial charge in [-0.05, 0) is 25.2 Å². The summed E-state index contributed by atoms with van der Waals surface area (Å²) < 4.78 is 0. The Balaban J connectivity index is 0.00000225. The second-order valence-corrected chi connectivity index (χ2v) is 4.74. The second-order valence-electron chi connectivity index (χ2n) is 4.74. The third kappa shape index (κ3) is 4.71. The van der Waals surface area contributed by atoms with E-state index in [1.54, 1.807) is 0 Å². The first-order valence-electron chi connectivity index (χ1n) is 6.15. The van der Waals surface area contributed by atoms with Gasteiger partial charge in [0.2, 0.25) is 5.91 Å². The molecule has 0 aromatic heterocycles. The third-order valence-corrected chi connectivity index (χ3v) is 3.39. The van der Waals surface area contributed by atoms with Crippen LogP contribution in [0.3, 0.4) is 0 Å². The van der Waals surface area contributed by atoms with Crippen LogP contribution in [0.15, 0.2) is 0 Å². The van der Waals surface area contributed by atoms with Crippen LogP contribution in [0.5, 0.6) is 0 Å². The van der Waals surface area contributed by atoms with Gasteiger partial charge in [0.15, 0.2) is 0 Å². The fourth-order valence-corrected chi connectivity index (χ4v) is 2.30. The highest BCUT2D eigenvalue weighted by molar-refractivity contribution is 5.85. The number of hydrogen-bond donors (Lipinski definition) is 1. The summed E-state index contributed by atoms with van der Waals surface area (Å²) in [5.74, 6) is 0.805. The fraction of sp³-hybridized carbons (Fsp3) is 0.917. The molecule has 0 aromatic carbocycles. The second kappa shape index (κ2) is 7.91. The summed E-state index contributed by atoms with van der Waals surface area (Å²) in [5, 5.41) is 0. The van der Waals surface area contributed by atoms with Crippen LogP contribution < -0.4 is 5.73 Å². The van der Waals surface area contributed by atoms with Crippen LogP contribution in [0.4, 0.5) is 0 Å². The quantitative estimate of drug-likeness (QED) is 0.829. The summed E-state index contributed by atoms with van der Waals surface area (Å²) >= 11 is 0. The van der Waals surface area contributed by atoms with Crippen LogP contribution in [-0.2, 0) is 4.79 Å². The van der Waals surface area contributed by atoms with Crippen LogP contribution in [0.25, 0.3) is 0 Å². The molecule has 1 amide bonds. The summed E-state index contributed by atoms with van der Waals surface area (Å²) in [5.41, 5.74) is 5.73. The van der Waals surface area contributed by atoms with E-state index in [9.17, 15) is 4.79 Å². The minimum absolute atomic E-state index is 0. The van der Waals surface area contributed by atoms with Crippen molar-refractivity contribution in [2.45, 2.75) is 51.5 Å². The normalized spacial score (nSPS) is 18.7. The molecule has 2 N–H and O–H groups in total. The van der Waals surface area contributed by atoms with Crippen molar-refractivity contribution in [2.75, 3.05) is 13.6 Å². The monoisotopic (exact) mass is 248 g/mol. The SMILES string of the molecule is CC[C@H](N)C(=O)N(C)CC1CCCCC1.Cl. The molecule has 3 nitrogen and oxygen atoms in total. The first-order valence-corrected chi connectivity index (χ1v) is 6.15. The number of carbonyl (C=O) groups excluding carboxylic acids is 1. The number of amides is 1. The van der Waals surface area contributed by atoms with Crippen molar-refractivity contribution in [3.05, 3.63) is 0 Å². The van der Waals surface area contributed by atoms with E-state index in [0.29, 0.717) is 5.92 Å². The lowest BCUT2D eigenvalue weighted by atomic mass is 9.89. The van der Waals surface area contributed by atoms with Crippen LogP contribution in [0.1, 0.15) is 45.4 Å². The van der Waals surface area contributed by atoms with Crippen LogP contribution in [0, 0.1) is 5.92 Å². The van der Waals surface area contributed by atoms with Crippen molar-refractivity contribution in [1.82, 2.24) is 4.90 Å². The van der Waals surface area contributed by atoms with Crippen molar-refractivity contribution in [1.29, 1.82) is 0 Å². The summed E-state index contributed by atoms with van der Waals surface area (Å²) in [6.45, 7) is 2.85. The molecular weight excluding hydrogens is 224 g/mol. The number of nitrogens with two attached hydrogens (primary N) is 1. The molecule has 1 aliphatic rings. The van der Waals surface area contributed by atoms with Crippen molar-refractivity contribution in [2.24, 2.45) is 11.7 Å². The lowest BCUT2D eigenvalue weighted by molar-refractivity contribution is -0.132. The summed E-state index contributed by atoms with van der Waals surface area (Å²) in [4.78, 5) is 13.6. The Hall–Kier alpha value is -0.280. The Morgan fingerprint density at radius 2 is 1.94 bits per heavy atom. The summed E-state index contributed by atoms with van der Waals surface area (Å²) in [6, 6.07) is -0.307. The number of carbonyl (C=O) groups is 1. The smallest absolute Gasteiger partial charge is 0.239 e. The molecule has 1 aliphatic carbocycles. The zero-order valence-corrected chi connectivity index (χ0v) is 11.3. The molecule has 4 heteroatoms. The van der Waals surface area contributed by atoms with Gasteiger partial charge in [-0.2, -0.15) is 0 Å². The number of halogens is 1. The highest BCUT2D eigenvalue weighted by Crippen LogP contribution is 2.24. The largest absolute Gasteiger partial charge is 0.344 e. The van der Waals surface area contributed by atoms with Gasteiger partial charge in [0, 0.05) is 13.6 Å². The van der Waals surface area contributed by atoms with Gasteiger partial charge in [-0.3, -0.25) is 4.79 Å². The lowest BCUT2D eigenvalue weighted by Crippen LogP contribution is -2.43. The minimum Gasteiger partial charge on any atom is -0.344 e. The van der Waals surface area contributed by atoms with Gasteiger partial charge in [-0.1, -0.05) is 26.2 Å². The molecule has 1 saturated carbocycles. The van der Waals surface area contributed by atoms with Crippen LogP contribution >= 0.6 is 12.4 Å². The van der Waals surface area contributed by atoms with Crippen LogP contribution in [-0.4, -0.2) is 30.4 Å². The van der Waals surface area contributed by atoms with E-state index in [4.69, 9.17) is 5.73 Å². The fourth-order valence-electron chi connectivity index (χ4n) is 2.30. The zero-order chi connectivity index (χ0) is 11.3. The Morgan fingerprint density at radius 1 is 1.38 bits per heavy atom. The highest BCUT2D eigenvalue weighted by atomic mass is 35.5. The van der Waals surface area contributed by atoms with Crippen LogP contribution in [0.2, 0.25) is 0 Å². The van der Waals surface area contributed by atoms with Gasteiger partial charge in [0.25, 0.3) is 0 Å². The lowest BCUT2D eigenvalue weighted by Gasteiger charge is -2.28. The maximum absolute atomic E-state index is 11.7. The standard InChI is InChI=1S/C12H24N2O.ClH/c1-3-11(13)12(15)14(2)9-10-7-5-4-6-8-10;/h10-11H,3-9,13H2,1-2H3;1H/t11-;/m0./s1. The molecule has 0 radical (unpaired) electrons. The van der Waals surface area contributed by atoms with Crippen molar-refractivity contribution >= 4 is 18.3 Å². The van der Waals surface area contributed by atoms with Gasteiger partial charge in [0.05, 0.1) is 6.04 Å².